The molecule has 4 heteroatoms. The third kappa shape index (κ3) is 4.40. The predicted molar refractivity (Wildman–Crippen MR) is 74.7 cm³/mol. The van der Waals surface area contributed by atoms with Gasteiger partial charge in [-0.1, -0.05) is 6.07 Å². The number of aliphatic hydroxyl groups excluding tert-OH is 1. The van der Waals surface area contributed by atoms with Crippen molar-refractivity contribution in [2.24, 2.45) is 5.92 Å². The Hall–Kier alpha value is -1.26. The minimum absolute atomic E-state index is 0.279. The molecule has 2 unspecified atom stereocenters. The highest BCUT2D eigenvalue weighted by atomic mass is 16.5. The Balaban J connectivity index is 1.72. The lowest BCUT2D eigenvalue weighted by Gasteiger charge is -2.27. The van der Waals surface area contributed by atoms with Crippen LogP contribution in [0.4, 0.5) is 0 Å². The molecule has 0 amide bonds. The molecule has 0 spiro atoms. The van der Waals surface area contributed by atoms with Crippen LogP contribution in [0.1, 0.15) is 19.3 Å². The minimum atomic E-state index is -0.279. The number of benzene rings is 1. The van der Waals surface area contributed by atoms with Crippen LogP contribution in [0.25, 0.3) is 0 Å². The maximum absolute atomic E-state index is 10.1. The summed E-state index contributed by atoms with van der Waals surface area (Å²) in [6.07, 6.45) is 2.65. The van der Waals surface area contributed by atoms with Gasteiger partial charge >= 0.3 is 0 Å². The largest absolute Gasteiger partial charge is 0.497 e. The quantitative estimate of drug-likeness (QED) is 0.824. The van der Waals surface area contributed by atoms with Crippen LogP contribution in [0.2, 0.25) is 0 Å². The van der Waals surface area contributed by atoms with E-state index in [2.05, 4.69) is 5.32 Å². The molecule has 1 aliphatic rings. The molecule has 1 heterocycles. The van der Waals surface area contributed by atoms with E-state index in [1.54, 1.807) is 7.11 Å². The van der Waals surface area contributed by atoms with Crippen LogP contribution < -0.4 is 14.8 Å². The number of methoxy groups -OCH3 is 1. The maximum Gasteiger partial charge on any atom is 0.122 e. The van der Waals surface area contributed by atoms with Gasteiger partial charge in [-0.2, -0.15) is 0 Å². The molecular formula is C15H23NO3. The summed E-state index contributed by atoms with van der Waals surface area (Å²) in [7, 11) is 1.64. The first kappa shape index (κ1) is 14.2. The molecule has 4 nitrogen and oxygen atoms in total. The van der Waals surface area contributed by atoms with E-state index >= 15 is 0 Å². The second-order valence-electron chi connectivity index (χ2n) is 4.99. The average Bonchev–Trinajstić information content (AvgIpc) is 2.48. The Kier molecular flexibility index (Phi) is 5.48. The first-order valence-electron chi connectivity index (χ1n) is 6.95. The van der Waals surface area contributed by atoms with Gasteiger partial charge in [-0.15, -0.1) is 0 Å². The lowest BCUT2D eigenvalue weighted by molar-refractivity contribution is 0.0702. The van der Waals surface area contributed by atoms with Gasteiger partial charge in [0.1, 0.15) is 11.5 Å². The molecule has 2 rings (SSSR count). The molecular weight excluding hydrogens is 242 g/mol. The number of ether oxygens (including phenoxy) is 2. The van der Waals surface area contributed by atoms with Crippen LogP contribution >= 0.6 is 0 Å². The van der Waals surface area contributed by atoms with Crippen molar-refractivity contribution < 1.29 is 14.6 Å². The lowest BCUT2D eigenvalue weighted by atomic mass is 9.92. The van der Waals surface area contributed by atoms with Crippen molar-refractivity contribution in [2.75, 3.05) is 26.8 Å². The highest BCUT2D eigenvalue weighted by Crippen LogP contribution is 2.20. The molecule has 19 heavy (non-hydrogen) atoms. The number of piperidine rings is 1. The predicted octanol–water partition coefficient (Wildman–Crippen LogP) is 1.82. The zero-order chi connectivity index (χ0) is 13.5. The fraction of sp³-hybridized carbons (Fsp3) is 0.600. The maximum atomic E-state index is 10.1. The van der Waals surface area contributed by atoms with E-state index in [1.807, 2.05) is 24.3 Å². The number of rotatable bonds is 6. The molecule has 0 saturated carbocycles. The minimum Gasteiger partial charge on any atom is -0.497 e. The molecule has 1 aliphatic heterocycles. The van der Waals surface area contributed by atoms with E-state index < -0.39 is 0 Å². The molecule has 0 aliphatic carbocycles. The van der Waals surface area contributed by atoms with Crippen molar-refractivity contribution in [3.8, 4) is 11.5 Å². The molecule has 0 bridgehead atoms. The smallest absolute Gasteiger partial charge is 0.122 e. The first-order chi connectivity index (χ1) is 9.29. The second kappa shape index (κ2) is 7.36. The number of aliphatic hydroxyl groups is 1. The summed E-state index contributed by atoms with van der Waals surface area (Å²) in [6.45, 7) is 2.52. The molecule has 1 aromatic rings. The fourth-order valence-electron chi connectivity index (χ4n) is 2.43. The molecule has 0 aromatic heterocycles. The monoisotopic (exact) mass is 265 g/mol. The van der Waals surface area contributed by atoms with E-state index in [-0.39, 0.29) is 6.10 Å². The Morgan fingerprint density at radius 2 is 2.26 bits per heavy atom. The zero-order valence-electron chi connectivity index (χ0n) is 11.5. The van der Waals surface area contributed by atoms with Gasteiger partial charge in [0, 0.05) is 19.0 Å². The van der Waals surface area contributed by atoms with Crippen LogP contribution in [-0.4, -0.2) is 38.0 Å². The highest BCUT2D eigenvalue weighted by Gasteiger charge is 2.21. The first-order valence-corrected chi connectivity index (χ1v) is 6.95. The van der Waals surface area contributed by atoms with Gasteiger partial charge in [-0.05, 0) is 37.4 Å². The molecule has 1 aromatic carbocycles. The number of hydrogen-bond donors (Lipinski definition) is 2. The summed E-state index contributed by atoms with van der Waals surface area (Å²) in [6, 6.07) is 7.54. The second-order valence-corrected chi connectivity index (χ2v) is 4.99. The van der Waals surface area contributed by atoms with Crippen LogP contribution in [-0.2, 0) is 0 Å². The molecule has 1 saturated heterocycles. The van der Waals surface area contributed by atoms with E-state index in [4.69, 9.17) is 9.47 Å². The van der Waals surface area contributed by atoms with Crippen LogP contribution in [0.3, 0.4) is 0 Å². The van der Waals surface area contributed by atoms with Crippen LogP contribution in [0, 0.1) is 5.92 Å². The Morgan fingerprint density at radius 3 is 3.00 bits per heavy atom. The van der Waals surface area contributed by atoms with Gasteiger partial charge < -0.3 is 19.9 Å². The van der Waals surface area contributed by atoms with Crippen molar-refractivity contribution in [3.05, 3.63) is 24.3 Å². The summed E-state index contributed by atoms with van der Waals surface area (Å²) >= 11 is 0. The van der Waals surface area contributed by atoms with Crippen molar-refractivity contribution in [3.63, 3.8) is 0 Å². The van der Waals surface area contributed by atoms with Gasteiger partial charge in [-0.25, -0.2) is 0 Å². The van der Waals surface area contributed by atoms with E-state index in [9.17, 15) is 5.11 Å². The zero-order valence-corrected chi connectivity index (χ0v) is 11.5. The number of nitrogens with one attached hydrogen (secondary N) is 1. The van der Waals surface area contributed by atoms with E-state index in [0.29, 0.717) is 18.9 Å². The van der Waals surface area contributed by atoms with Crippen LogP contribution in [0.15, 0.2) is 24.3 Å². The van der Waals surface area contributed by atoms with Gasteiger partial charge in [-0.3, -0.25) is 0 Å². The van der Waals surface area contributed by atoms with Gasteiger partial charge in [0.15, 0.2) is 0 Å². The molecule has 2 atom stereocenters. The van der Waals surface area contributed by atoms with Gasteiger partial charge in [0.05, 0.1) is 19.8 Å². The van der Waals surface area contributed by atoms with E-state index in [1.165, 1.54) is 0 Å². The van der Waals surface area contributed by atoms with Crippen molar-refractivity contribution in [1.82, 2.24) is 5.32 Å². The topological polar surface area (TPSA) is 50.7 Å². The Morgan fingerprint density at radius 1 is 1.42 bits per heavy atom. The average molecular weight is 265 g/mol. The third-order valence-corrected chi connectivity index (χ3v) is 3.60. The highest BCUT2D eigenvalue weighted by molar-refractivity contribution is 5.32. The SMILES string of the molecule is COc1cccc(OCCC(O)C2CCCNC2)c1. The standard InChI is InChI=1S/C15H23NO3/c1-18-13-5-2-6-14(10-13)19-9-7-15(17)12-4-3-8-16-11-12/h2,5-6,10,12,15-17H,3-4,7-9,11H2,1H3. The summed E-state index contributed by atoms with van der Waals surface area (Å²) in [4.78, 5) is 0. The summed E-state index contributed by atoms with van der Waals surface area (Å²) in [5.41, 5.74) is 0. The fourth-order valence-corrected chi connectivity index (χ4v) is 2.43. The number of hydrogen-bond acceptors (Lipinski definition) is 4. The summed E-state index contributed by atoms with van der Waals surface area (Å²) in [5, 5.41) is 13.4. The molecule has 0 radical (unpaired) electrons. The lowest BCUT2D eigenvalue weighted by Crippen LogP contribution is -2.37. The van der Waals surface area contributed by atoms with Gasteiger partial charge in [0.25, 0.3) is 0 Å². The normalized spacial score (nSPS) is 20.8. The Bertz CT molecular complexity index is 377. The molecule has 1 fully saturated rings. The van der Waals surface area contributed by atoms with Crippen LogP contribution in [0.5, 0.6) is 11.5 Å². The van der Waals surface area contributed by atoms with Crippen molar-refractivity contribution in [1.29, 1.82) is 0 Å². The van der Waals surface area contributed by atoms with E-state index in [0.717, 1.165) is 37.4 Å². The summed E-state index contributed by atoms with van der Waals surface area (Å²) < 4.78 is 10.8. The van der Waals surface area contributed by atoms with Crippen molar-refractivity contribution in [2.45, 2.75) is 25.4 Å². The molecule has 106 valence electrons. The van der Waals surface area contributed by atoms with Gasteiger partial charge in [0.2, 0.25) is 0 Å². The molecule has 2 N–H and O–H groups in total. The Labute approximate surface area is 114 Å². The van der Waals surface area contributed by atoms with Crippen molar-refractivity contribution >= 4 is 0 Å². The third-order valence-electron chi connectivity index (χ3n) is 3.60. The summed E-state index contributed by atoms with van der Waals surface area (Å²) in [5.74, 6) is 1.94.